The number of nitrogens with one attached hydrogen (secondary N) is 1. The number of fused-ring (bicyclic) bond motifs is 3. The summed E-state index contributed by atoms with van der Waals surface area (Å²) in [5, 5.41) is 10.0. The number of hydrogen-bond donors (Lipinski definition) is 1. The molecule has 1 amide bonds. The highest BCUT2D eigenvalue weighted by Crippen LogP contribution is 2.30. The number of amides is 1. The van der Waals surface area contributed by atoms with Crippen LogP contribution in [0.25, 0.3) is 21.9 Å². The molecule has 0 saturated carbocycles. The molecule has 1 fully saturated rings. The summed E-state index contributed by atoms with van der Waals surface area (Å²) in [4.78, 5) is 31.2. The molecule has 1 aliphatic heterocycles. The van der Waals surface area contributed by atoms with Gasteiger partial charge in [0.05, 0.1) is 46.6 Å². The number of nitriles is 1. The van der Waals surface area contributed by atoms with Crippen molar-refractivity contribution in [2.24, 2.45) is 0 Å². The van der Waals surface area contributed by atoms with Crippen LogP contribution >= 0.6 is 0 Å². The molecule has 4 aromatic rings. The van der Waals surface area contributed by atoms with E-state index in [-0.39, 0.29) is 11.8 Å². The molecule has 0 aliphatic carbocycles. The number of rotatable bonds is 3. The minimum atomic E-state index is -0.00203. The van der Waals surface area contributed by atoms with Crippen molar-refractivity contribution in [3.05, 3.63) is 65.9 Å². The lowest BCUT2D eigenvalue weighted by Crippen LogP contribution is -2.24. The molecule has 0 spiro atoms. The first kappa shape index (κ1) is 16.4. The van der Waals surface area contributed by atoms with Crippen molar-refractivity contribution in [3.8, 4) is 6.07 Å². The third-order valence-corrected chi connectivity index (χ3v) is 5.14. The minimum Gasteiger partial charge on any atom is -0.340 e. The maximum atomic E-state index is 12.5. The summed E-state index contributed by atoms with van der Waals surface area (Å²) in [6, 6.07) is 13.3. The van der Waals surface area contributed by atoms with Gasteiger partial charge in [0.25, 0.3) is 0 Å². The Morgan fingerprint density at radius 1 is 1.25 bits per heavy atom. The van der Waals surface area contributed by atoms with Crippen molar-refractivity contribution in [2.75, 3.05) is 6.54 Å². The average molecular weight is 368 g/mol. The van der Waals surface area contributed by atoms with Gasteiger partial charge < -0.3 is 9.88 Å². The molecule has 1 N–H and O–H groups in total. The summed E-state index contributed by atoms with van der Waals surface area (Å²) in [7, 11) is 0. The molecule has 4 heterocycles. The van der Waals surface area contributed by atoms with E-state index in [1.165, 1.54) is 0 Å². The van der Waals surface area contributed by atoms with Gasteiger partial charge in [-0.1, -0.05) is 6.07 Å². The van der Waals surface area contributed by atoms with Gasteiger partial charge in [-0.15, -0.1) is 0 Å². The Bertz CT molecular complexity index is 1240. The molecule has 7 heteroatoms. The Morgan fingerprint density at radius 2 is 2.18 bits per heavy atom. The topological polar surface area (TPSA) is 98.6 Å². The first-order valence-corrected chi connectivity index (χ1v) is 9.07. The van der Waals surface area contributed by atoms with Crippen LogP contribution < -0.4 is 0 Å². The normalized spacial score (nSPS) is 16.8. The van der Waals surface area contributed by atoms with Gasteiger partial charge in [-0.3, -0.25) is 14.8 Å². The molecule has 0 radical (unpaired) electrons. The Labute approximate surface area is 160 Å². The highest BCUT2D eigenvalue weighted by molar-refractivity contribution is 6.02. The second-order valence-corrected chi connectivity index (χ2v) is 6.98. The van der Waals surface area contributed by atoms with Crippen molar-refractivity contribution in [3.63, 3.8) is 0 Å². The summed E-state index contributed by atoms with van der Waals surface area (Å²) in [6.07, 6.45) is 3.91. The second kappa shape index (κ2) is 6.43. The molecular weight excluding hydrogens is 352 g/mol. The van der Waals surface area contributed by atoms with Crippen molar-refractivity contribution < 1.29 is 4.79 Å². The molecule has 1 aliphatic rings. The van der Waals surface area contributed by atoms with E-state index in [2.05, 4.69) is 21.0 Å². The molecular formula is C21H16N6O. The number of likely N-dealkylation sites (tertiary alicyclic amines) is 1. The summed E-state index contributed by atoms with van der Waals surface area (Å²) in [5.41, 5.74) is 3.84. The van der Waals surface area contributed by atoms with E-state index < -0.39 is 0 Å². The molecule has 5 rings (SSSR count). The number of imidazole rings is 1. The summed E-state index contributed by atoms with van der Waals surface area (Å²) < 4.78 is 0. The zero-order valence-corrected chi connectivity index (χ0v) is 15.0. The SMILES string of the molecule is N#Cc1ccc2ncc3[nH]c(C4CC(=O)N(Cc5ccccn5)C4)nc3c2c1. The summed E-state index contributed by atoms with van der Waals surface area (Å²) in [5.74, 6) is 0.882. The van der Waals surface area contributed by atoms with Crippen molar-refractivity contribution >= 4 is 27.8 Å². The van der Waals surface area contributed by atoms with E-state index in [0.717, 1.165) is 33.5 Å². The highest BCUT2D eigenvalue weighted by atomic mass is 16.2. The molecule has 0 bridgehead atoms. The van der Waals surface area contributed by atoms with Gasteiger partial charge in [-0.2, -0.15) is 5.26 Å². The molecule has 3 aromatic heterocycles. The fraction of sp³-hybridized carbons (Fsp3) is 0.190. The Kier molecular flexibility index (Phi) is 3.76. The van der Waals surface area contributed by atoms with E-state index >= 15 is 0 Å². The first-order chi connectivity index (χ1) is 13.7. The van der Waals surface area contributed by atoms with E-state index in [0.29, 0.717) is 25.1 Å². The van der Waals surface area contributed by atoms with Gasteiger partial charge in [-0.25, -0.2) is 4.98 Å². The van der Waals surface area contributed by atoms with Gasteiger partial charge in [0.2, 0.25) is 5.91 Å². The lowest BCUT2D eigenvalue weighted by Gasteiger charge is -2.15. The fourth-order valence-corrected chi connectivity index (χ4v) is 3.74. The Hall–Kier alpha value is -3.79. The van der Waals surface area contributed by atoms with Crippen LogP contribution in [0.5, 0.6) is 0 Å². The maximum Gasteiger partial charge on any atom is 0.223 e. The molecule has 1 aromatic carbocycles. The standard InChI is InChI=1S/C21H16N6O/c22-9-13-4-5-17-16(7-13)20-18(10-24-17)25-21(26-20)14-8-19(28)27(11-14)12-15-3-1-2-6-23-15/h1-7,10,14H,8,11-12H2,(H,25,26). The zero-order valence-electron chi connectivity index (χ0n) is 15.0. The molecule has 136 valence electrons. The van der Waals surface area contributed by atoms with Crippen LogP contribution in [0.3, 0.4) is 0 Å². The van der Waals surface area contributed by atoms with Crippen LogP contribution in [0.1, 0.15) is 29.4 Å². The number of carbonyl (C=O) groups is 1. The molecule has 1 unspecified atom stereocenters. The minimum absolute atomic E-state index is 0.00203. The van der Waals surface area contributed by atoms with Crippen molar-refractivity contribution in [1.82, 2.24) is 24.8 Å². The number of benzene rings is 1. The summed E-state index contributed by atoms with van der Waals surface area (Å²) in [6.45, 7) is 1.11. The van der Waals surface area contributed by atoms with Crippen LogP contribution in [0.15, 0.2) is 48.8 Å². The number of H-pyrrole nitrogens is 1. The quantitative estimate of drug-likeness (QED) is 0.599. The number of aromatic nitrogens is 4. The van der Waals surface area contributed by atoms with Gasteiger partial charge in [0.15, 0.2) is 0 Å². The number of pyridine rings is 2. The fourth-order valence-electron chi connectivity index (χ4n) is 3.74. The second-order valence-electron chi connectivity index (χ2n) is 6.98. The molecule has 1 saturated heterocycles. The van der Waals surface area contributed by atoms with Gasteiger partial charge in [-0.05, 0) is 30.3 Å². The van der Waals surface area contributed by atoms with Crippen LogP contribution in [0.2, 0.25) is 0 Å². The molecule has 7 nitrogen and oxygen atoms in total. The smallest absolute Gasteiger partial charge is 0.223 e. The van der Waals surface area contributed by atoms with E-state index in [1.54, 1.807) is 18.5 Å². The first-order valence-electron chi connectivity index (χ1n) is 9.07. The van der Waals surface area contributed by atoms with Crippen LogP contribution in [-0.2, 0) is 11.3 Å². The van der Waals surface area contributed by atoms with E-state index in [4.69, 9.17) is 4.98 Å². The number of nitrogens with zero attached hydrogens (tertiary/aromatic N) is 5. The number of aromatic amines is 1. The maximum absolute atomic E-state index is 12.5. The predicted molar refractivity (Wildman–Crippen MR) is 103 cm³/mol. The van der Waals surface area contributed by atoms with Crippen molar-refractivity contribution in [1.29, 1.82) is 5.26 Å². The third kappa shape index (κ3) is 2.76. The van der Waals surface area contributed by atoms with Gasteiger partial charge >= 0.3 is 0 Å². The van der Waals surface area contributed by atoms with Crippen LogP contribution in [0.4, 0.5) is 0 Å². The summed E-state index contributed by atoms with van der Waals surface area (Å²) >= 11 is 0. The average Bonchev–Trinajstić information content (AvgIpc) is 3.32. The van der Waals surface area contributed by atoms with Gasteiger partial charge in [0.1, 0.15) is 5.82 Å². The monoisotopic (exact) mass is 368 g/mol. The highest BCUT2D eigenvalue weighted by Gasteiger charge is 2.32. The predicted octanol–water partition coefficient (Wildman–Crippen LogP) is 2.89. The van der Waals surface area contributed by atoms with E-state index in [1.807, 2.05) is 35.2 Å². The third-order valence-electron chi connectivity index (χ3n) is 5.14. The van der Waals surface area contributed by atoms with Crippen LogP contribution in [0, 0.1) is 11.3 Å². The van der Waals surface area contributed by atoms with Gasteiger partial charge in [0, 0.05) is 30.5 Å². The largest absolute Gasteiger partial charge is 0.340 e. The Morgan fingerprint density at radius 3 is 3.00 bits per heavy atom. The lowest BCUT2D eigenvalue weighted by molar-refractivity contribution is -0.128. The lowest BCUT2D eigenvalue weighted by atomic mass is 10.1. The zero-order chi connectivity index (χ0) is 19.1. The molecule has 1 atom stereocenters. The number of carbonyl (C=O) groups excluding carboxylic acids is 1. The molecule has 28 heavy (non-hydrogen) atoms. The number of hydrogen-bond acceptors (Lipinski definition) is 5. The van der Waals surface area contributed by atoms with Crippen molar-refractivity contribution in [2.45, 2.75) is 18.9 Å². The van der Waals surface area contributed by atoms with E-state index in [9.17, 15) is 10.1 Å². The Balaban J connectivity index is 1.47. The van der Waals surface area contributed by atoms with Crippen LogP contribution in [-0.4, -0.2) is 37.3 Å².